The first kappa shape index (κ1) is 21.8. The molecule has 0 aromatic heterocycles. The fourth-order valence-corrected chi connectivity index (χ4v) is 5.52. The first-order valence-electron chi connectivity index (χ1n) is 11.0. The summed E-state index contributed by atoms with van der Waals surface area (Å²) in [5.41, 5.74) is 3.21. The Balaban J connectivity index is 1.49. The summed E-state index contributed by atoms with van der Waals surface area (Å²) in [4.78, 5) is 0. The van der Waals surface area contributed by atoms with Crippen molar-refractivity contribution in [3.05, 3.63) is 90.0 Å². The molecule has 0 aliphatic rings. The van der Waals surface area contributed by atoms with E-state index in [1.807, 2.05) is 6.92 Å². The molecule has 0 radical (unpaired) electrons. The molecule has 2 nitrogen and oxygen atoms in total. The van der Waals surface area contributed by atoms with Crippen LogP contribution in [0.2, 0.25) is 0 Å². The molecular weight excluding hydrogens is 399 g/mol. The predicted octanol–water partition coefficient (Wildman–Crippen LogP) is 7.94. The van der Waals surface area contributed by atoms with Crippen LogP contribution in [-0.4, -0.2) is 13.0 Å². The van der Waals surface area contributed by atoms with E-state index in [-0.39, 0.29) is 6.29 Å². The molecule has 0 saturated heterocycles. The van der Waals surface area contributed by atoms with Crippen LogP contribution in [0.5, 0.6) is 5.75 Å². The first-order valence-corrected chi connectivity index (χ1v) is 12.6. The zero-order valence-corrected chi connectivity index (χ0v) is 19.8. The maximum atomic E-state index is 6.16. The van der Waals surface area contributed by atoms with Crippen LogP contribution >= 0.6 is 8.58 Å². The number of hydrogen-bond donors (Lipinski definition) is 0. The molecule has 4 aromatic carbocycles. The maximum Gasteiger partial charge on any atom is 0.197 e. The van der Waals surface area contributed by atoms with Crippen LogP contribution in [0, 0.1) is 5.92 Å². The third-order valence-corrected chi connectivity index (χ3v) is 7.49. The number of ether oxygens (including phenoxy) is 2. The van der Waals surface area contributed by atoms with Crippen molar-refractivity contribution in [2.75, 3.05) is 6.66 Å². The first-order chi connectivity index (χ1) is 15.1. The van der Waals surface area contributed by atoms with Crippen molar-refractivity contribution in [1.29, 1.82) is 0 Å². The number of rotatable bonds is 8. The Morgan fingerprint density at radius 3 is 1.90 bits per heavy atom. The van der Waals surface area contributed by atoms with Gasteiger partial charge in [0.05, 0.1) is 6.61 Å². The molecule has 0 aliphatic carbocycles. The number of benzene rings is 4. The van der Waals surface area contributed by atoms with Gasteiger partial charge in [-0.2, -0.15) is 0 Å². The van der Waals surface area contributed by atoms with E-state index in [1.165, 1.54) is 32.7 Å². The van der Waals surface area contributed by atoms with Crippen LogP contribution in [0.1, 0.15) is 37.6 Å². The molecule has 3 atom stereocenters. The van der Waals surface area contributed by atoms with Gasteiger partial charge in [-0.05, 0) is 70.4 Å². The van der Waals surface area contributed by atoms with Crippen molar-refractivity contribution in [2.24, 2.45) is 5.92 Å². The zero-order valence-electron chi connectivity index (χ0n) is 18.8. The Morgan fingerprint density at radius 1 is 0.774 bits per heavy atom. The summed E-state index contributed by atoms with van der Waals surface area (Å²) >= 11 is 0. The molecule has 31 heavy (non-hydrogen) atoms. The van der Waals surface area contributed by atoms with Gasteiger partial charge < -0.3 is 9.47 Å². The average Bonchev–Trinajstić information content (AvgIpc) is 2.78. The van der Waals surface area contributed by atoms with Crippen LogP contribution in [-0.2, 0) is 11.3 Å². The summed E-state index contributed by atoms with van der Waals surface area (Å²) in [6.07, 6.45) is -0.336. The van der Waals surface area contributed by atoms with Crippen molar-refractivity contribution >= 4 is 30.1 Å². The van der Waals surface area contributed by atoms with Gasteiger partial charge in [0.15, 0.2) is 6.29 Å². The van der Waals surface area contributed by atoms with Crippen molar-refractivity contribution < 1.29 is 9.47 Å². The molecule has 0 spiro atoms. The van der Waals surface area contributed by atoms with Gasteiger partial charge in [0.1, 0.15) is 5.75 Å². The van der Waals surface area contributed by atoms with Crippen LogP contribution in [0.3, 0.4) is 0 Å². The summed E-state index contributed by atoms with van der Waals surface area (Å²) < 4.78 is 12.2. The van der Waals surface area contributed by atoms with Crippen molar-refractivity contribution in [3.8, 4) is 5.75 Å². The van der Waals surface area contributed by atoms with E-state index in [4.69, 9.17) is 9.47 Å². The smallest absolute Gasteiger partial charge is 0.197 e. The summed E-state index contributed by atoms with van der Waals surface area (Å²) in [6, 6.07) is 27.8. The molecule has 0 aliphatic heterocycles. The molecule has 3 heteroatoms. The normalized spacial score (nSPS) is 14.0. The number of hydrogen-bond acceptors (Lipinski definition) is 2. The molecular formula is C28H31O2P. The van der Waals surface area contributed by atoms with E-state index < -0.39 is 0 Å². The minimum Gasteiger partial charge on any atom is -0.465 e. The predicted molar refractivity (Wildman–Crippen MR) is 135 cm³/mol. The van der Waals surface area contributed by atoms with E-state index in [0.717, 1.165) is 14.3 Å². The average molecular weight is 431 g/mol. The van der Waals surface area contributed by atoms with Crippen LogP contribution in [0.15, 0.2) is 78.9 Å². The molecule has 0 heterocycles. The molecule has 160 valence electrons. The highest BCUT2D eigenvalue weighted by molar-refractivity contribution is 7.37. The van der Waals surface area contributed by atoms with Crippen molar-refractivity contribution in [1.82, 2.24) is 0 Å². The van der Waals surface area contributed by atoms with Crippen molar-refractivity contribution in [3.63, 3.8) is 0 Å². The van der Waals surface area contributed by atoms with Crippen LogP contribution in [0.25, 0.3) is 21.5 Å². The molecule has 0 amide bonds. The third kappa shape index (κ3) is 4.92. The summed E-state index contributed by atoms with van der Waals surface area (Å²) in [6.45, 7) is 9.33. The lowest BCUT2D eigenvalue weighted by molar-refractivity contribution is -0.0752. The standard InChI is InChI=1S/C28H31O2P/c1-19(2)28(31-4)21-13-15-24(16-14-21)30-20(3)29-18-27-25-11-7-5-9-22(25)17-23-10-6-8-12-26(23)27/h5-17,19-20,28,31H,18H2,1-4H3. The van der Waals surface area contributed by atoms with Gasteiger partial charge in [0.2, 0.25) is 0 Å². The van der Waals surface area contributed by atoms with Gasteiger partial charge in [0, 0.05) is 5.66 Å². The fraction of sp³-hybridized carbons (Fsp3) is 0.286. The van der Waals surface area contributed by atoms with Gasteiger partial charge in [-0.3, -0.25) is 0 Å². The lowest BCUT2D eigenvalue weighted by Gasteiger charge is -2.21. The van der Waals surface area contributed by atoms with E-state index in [1.54, 1.807) is 0 Å². The van der Waals surface area contributed by atoms with Gasteiger partial charge in [-0.25, -0.2) is 0 Å². The Hall–Kier alpha value is -2.41. The summed E-state index contributed by atoms with van der Waals surface area (Å²) in [5, 5.41) is 4.94. The fourth-order valence-electron chi connectivity index (χ4n) is 4.33. The second-order valence-electron chi connectivity index (χ2n) is 8.37. The topological polar surface area (TPSA) is 18.5 Å². The molecule has 3 unspecified atom stereocenters. The largest absolute Gasteiger partial charge is 0.465 e. The monoisotopic (exact) mass is 430 g/mol. The van der Waals surface area contributed by atoms with E-state index >= 15 is 0 Å². The molecule has 0 saturated carbocycles. The SMILES string of the molecule is CPC(c1ccc(OC(C)OCc2c3ccccc3cc3ccccc23)cc1)C(C)C. The van der Waals surface area contributed by atoms with E-state index in [9.17, 15) is 0 Å². The van der Waals surface area contributed by atoms with Gasteiger partial charge in [0.25, 0.3) is 0 Å². The van der Waals surface area contributed by atoms with Gasteiger partial charge in [-0.15, -0.1) is 8.58 Å². The lowest BCUT2D eigenvalue weighted by atomic mass is 9.97. The summed E-state index contributed by atoms with van der Waals surface area (Å²) in [5.74, 6) is 1.49. The van der Waals surface area contributed by atoms with E-state index in [2.05, 4.69) is 99.4 Å². The highest BCUT2D eigenvalue weighted by Crippen LogP contribution is 2.38. The Labute approximate surface area is 187 Å². The van der Waals surface area contributed by atoms with E-state index in [0.29, 0.717) is 18.2 Å². The molecule has 4 aromatic rings. The minimum atomic E-state index is -0.336. The maximum absolute atomic E-state index is 6.16. The second kappa shape index (κ2) is 9.81. The Bertz CT molecular complexity index is 1100. The molecule has 0 bridgehead atoms. The van der Waals surface area contributed by atoms with Crippen LogP contribution in [0.4, 0.5) is 0 Å². The molecule has 0 fully saturated rings. The van der Waals surface area contributed by atoms with Gasteiger partial charge in [-0.1, -0.05) is 74.5 Å². The third-order valence-electron chi connectivity index (χ3n) is 5.86. The highest BCUT2D eigenvalue weighted by Gasteiger charge is 2.14. The Morgan fingerprint density at radius 2 is 1.35 bits per heavy atom. The van der Waals surface area contributed by atoms with Gasteiger partial charge >= 0.3 is 0 Å². The summed E-state index contributed by atoms with van der Waals surface area (Å²) in [7, 11) is 0.901. The van der Waals surface area contributed by atoms with Crippen LogP contribution < -0.4 is 4.74 Å². The van der Waals surface area contributed by atoms with Crippen molar-refractivity contribution in [2.45, 2.75) is 39.3 Å². The quantitative estimate of drug-likeness (QED) is 0.160. The molecule has 4 rings (SSSR count). The second-order valence-corrected chi connectivity index (χ2v) is 9.57. The number of fused-ring (bicyclic) bond motifs is 2. The lowest BCUT2D eigenvalue weighted by Crippen LogP contribution is -2.16. The Kier molecular flexibility index (Phi) is 6.90. The highest BCUT2D eigenvalue weighted by atomic mass is 31.1. The molecule has 0 N–H and O–H groups in total. The minimum absolute atomic E-state index is 0.336. The zero-order chi connectivity index (χ0) is 21.8.